The molecule has 0 aliphatic heterocycles. The molecule has 0 aliphatic carbocycles. The van der Waals surface area contributed by atoms with Crippen LogP contribution in [0.2, 0.25) is 0 Å². The van der Waals surface area contributed by atoms with E-state index in [-0.39, 0.29) is 11.7 Å². The number of aryl methyl sites for hydroxylation is 1. The van der Waals surface area contributed by atoms with Gasteiger partial charge in [0.1, 0.15) is 5.82 Å². The molecule has 2 rings (SSSR count). The summed E-state index contributed by atoms with van der Waals surface area (Å²) in [4.78, 5) is 0. The molecule has 1 N–H and O–H groups in total. The molecule has 0 aliphatic rings. The number of aromatic nitrogens is 4. The van der Waals surface area contributed by atoms with Gasteiger partial charge in [-0.3, -0.25) is 0 Å². The highest BCUT2D eigenvalue weighted by Gasteiger charge is 2.21. The number of nitrogens with one attached hydrogen (secondary N) is 1. The SMILES string of the molecule is CNCC(c1ccccc1F)c1nnnn1C. The second-order valence-electron chi connectivity index (χ2n) is 3.79. The lowest BCUT2D eigenvalue weighted by molar-refractivity contribution is 0.561. The minimum atomic E-state index is -0.240. The molecule has 1 unspecified atom stereocenters. The lowest BCUT2D eigenvalue weighted by Gasteiger charge is -2.15. The Morgan fingerprint density at radius 2 is 2.18 bits per heavy atom. The molecule has 1 atom stereocenters. The maximum Gasteiger partial charge on any atom is 0.159 e. The molecule has 6 heteroatoms. The highest BCUT2D eigenvalue weighted by atomic mass is 19.1. The van der Waals surface area contributed by atoms with Crippen molar-refractivity contribution in [3.63, 3.8) is 0 Å². The van der Waals surface area contributed by atoms with Gasteiger partial charge >= 0.3 is 0 Å². The van der Waals surface area contributed by atoms with Crippen LogP contribution in [-0.4, -0.2) is 33.8 Å². The van der Waals surface area contributed by atoms with Crippen molar-refractivity contribution in [1.82, 2.24) is 25.5 Å². The summed E-state index contributed by atoms with van der Waals surface area (Å²) in [6.07, 6.45) is 0. The number of hydrogen-bond acceptors (Lipinski definition) is 4. The predicted octanol–water partition coefficient (Wildman–Crippen LogP) is 0.700. The molecule has 0 fully saturated rings. The molecular weight excluding hydrogens is 221 g/mol. The third-order valence-electron chi connectivity index (χ3n) is 2.65. The average Bonchev–Trinajstić information content (AvgIpc) is 2.74. The summed E-state index contributed by atoms with van der Waals surface area (Å²) in [5.41, 5.74) is 0.597. The van der Waals surface area contributed by atoms with E-state index >= 15 is 0 Å². The van der Waals surface area contributed by atoms with Crippen molar-refractivity contribution in [1.29, 1.82) is 0 Å². The fourth-order valence-corrected chi connectivity index (χ4v) is 1.83. The van der Waals surface area contributed by atoms with Crippen molar-refractivity contribution in [2.24, 2.45) is 7.05 Å². The third kappa shape index (κ3) is 2.31. The Hall–Kier alpha value is -1.82. The van der Waals surface area contributed by atoms with Gasteiger partial charge in [0.2, 0.25) is 0 Å². The van der Waals surface area contributed by atoms with E-state index in [0.29, 0.717) is 17.9 Å². The average molecular weight is 235 g/mol. The van der Waals surface area contributed by atoms with Crippen LogP contribution in [-0.2, 0) is 7.05 Å². The summed E-state index contributed by atoms with van der Waals surface area (Å²) in [6.45, 7) is 0.579. The molecule has 0 bridgehead atoms. The van der Waals surface area contributed by atoms with Crippen LogP contribution in [0, 0.1) is 5.82 Å². The predicted molar refractivity (Wildman–Crippen MR) is 61.0 cm³/mol. The number of benzene rings is 1. The van der Waals surface area contributed by atoms with Crippen LogP contribution < -0.4 is 5.32 Å². The first-order chi connectivity index (χ1) is 8.24. The van der Waals surface area contributed by atoms with Crippen molar-refractivity contribution in [2.75, 3.05) is 13.6 Å². The van der Waals surface area contributed by atoms with Gasteiger partial charge in [0.25, 0.3) is 0 Å². The number of hydrogen-bond donors (Lipinski definition) is 1. The first kappa shape index (κ1) is 11.7. The maximum atomic E-state index is 13.8. The minimum absolute atomic E-state index is 0.193. The second kappa shape index (κ2) is 5.01. The third-order valence-corrected chi connectivity index (χ3v) is 2.65. The largest absolute Gasteiger partial charge is 0.319 e. The molecular formula is C11H14FN5. The van der Waals surface area contributed by atoms with Crippen LogP contribution in [0.5, 0.6) is 0 Å². The Kier molecular flexibility index (Phi) is 3.43. The van der Waals surface area contributed by atoms with Gasteiger partial charge < -0.3 is 5.32 Å². The van der Waals surface area contributed by atoms with Crippen molar-refractivity contribution in [3.05, 3.63) is 41.5 Å². The fourth-order valence-electron chi connectivity index (χ4n) is 1.83. The van der Waals surface area contributed by atoms with Gasteiger partial charge in [-0.2, -0.15) is 0 Å². The molecule has 2 aromatic rings. The van der Waals surface area contributed by atoms with E-state index in [9.17, 15) is 4.39 Å². The van der Waals surface area contributed by atoms with Gasteiger partial charge in [-0.05, 0) is 29.1 Å². The van der Waals surface area contributed by atoms with Crippen LogP contribution in [0.4, 0.5) is 4.39 Å². The van der Waals surface area contributed by atoms with Crippen LogP contribution in [0.3, 0.4) is 0 Å². The highest BCUT2D eigenvalue weighted by molar-refractivity contribution is 5.27. The first-order valence-corrected chi connectivity index (χ1v) is 5.35. The molecule has 0 saturated carbocycles. The molecule has 5 nitrogen and oxygen atoms in total. The van der Waals surface area contributed by atoms with Crippen molar-refractivity contribution >= 4 is 0 Å². The number of rotatable bonds is 4. The quantitative estimate of drug-likeness (QED) is 0.847. The summed E-state index contributed by atoms with van der Waals surface area (Å²) < 4.78 is 15.3. The van der Waals surface area contributed by atoms with E-state index in [4.69, 9.17) is 0 Å². The first-order valence-electron chi connectivity index (χ1n) is 5.35. The minimum Gasteiger partial charge on any atom is -0.319 e. The molecule has 17 heavy (non-hydrogen) atoms. The summed E-state index contributed by atoms with van der Waals surface area (Å²) in [6, 6.07) is 6.68. The topological polar surface area (TPSA) is 55.6 Å². The van der Waals surface area contributed by atoms with E-state index < -0.39 is 0 Å². The van der Waals surface area contributed by atoms with Gasteiger partial charge in [0.05, 0.1) is 5.92 Å². The van der Waals surface area contributed by atoms with Crippen molar-refractivity contribution < 1.29 is 4.39 Å². The Balaban J connectivity index is 2.43. The fraction of sp³-hybridized carbons (Fsp3) is 0.364. The molecule has 0 saturated heterocycles. The van der Waals surface area contributed by atoms with Crippen molar-refractivity contribution in [3.8, 4) is 0 Å². The van der Waals surface area contributed by atoms with Gasteiger partial charge in [0.15, 0.2) is 5.82 Å². The van der Waals surface area contributed by atoms with E-state index in [1.807, 2.05) is 13.1 Å². The van der Waals surface area contributed by atoms with Crippen molar-refractivity contribution in [2.45, 2.75) is 5.92 Å². The van der Waals surface area contributed by atoms with E-state index in [2.05, 4.69) is 20.8 Å². The monoisotopic (exact) mass is 235 g/mol. The van der Waals surface area contributed by atoms with Gasteiger partial charge in [-0.15, -0.1) is 5.10 Å². The van der Waals surface area contributed by atoms with E-state index in [1.165, 1.54) is 6.07 Å². The zero-order valence-electron chi connectivity index (χ0n) is 9.76. The van der Waals surface area contributed by atoms with Gasteiger partial charge in [0, 0.05) is 13.6 Å². The zero-order chi connectivity index (χ0) is 12.3. The second-order valence-corrected chi connectivity index (χ2v) is 3.79. The number of likely N-dealkylation sites (N-methyl/N-ethyl adjacent to an activating group) is 1. The normalized spacial score (nSPS) is 12.6. The van der Waals surface area contributed by atoms with Crippen LogP contribution in [0.25, 0.3) is 0 Å². The van der Waals surface area contributed by atoms with E-state index in [0.717, 1.165) is 0 Å². The summed E-state index contributed by atoms with van der Waals surface area (Å²) >= 11 is 0. The molecule has 0 amide bonds. The lowest BCUT2D eigenvalue weighted by atomic mass is 9.97. The summed E-state index contributed by atoms with van der Waals surface area (Å²) in [5, 5.41) is 14.4. The molecule has 1 aromatic carbocycles. The lowest BCUT2D eigenvalue weighted by Crippen LogP contribution is -2.22. The van der Waals surface area contributed by atoms with Crippen LogP contribution in [0.1, 0.15) is 17.3 Å². The standard InChI is InChI=1S/C11H14FN5/c1-13-7-9(11-14-15-16-17(11)2)8-5-3-4-6-10(8)12/h3-6,9,13H,7H2,1-2H3. The Morgan fingerprint density at radius 3 is 2.76 bits per heavy atom. The van der Waals surface area contributed by atoms with E-state index in [1.54, 1.807) is 23.9 Å². The highest BCUT2D eigenvalue weighted by Crippen LogP contribution is 2.23. The molecule has 1 heterocycles. The van der Waals surface area contributed by atoms with Crippen LogP contribution >= 0.6 is 0 Å². The number of halogens is 1. The molecule has 1 aromatic heterocycles. The number of tetrazole rings is 1. The summed E-state index contributed by atoms with van der Waals surface area (Å²) in [5.74, 6) is 0.210. The molecule has 90 valence electrons. The molecule has 0 spiro atoms. The summed E-state index contributed by atoms with van der Waals surface area (Å²) in [7, 11) is 3.57. The Bertz CT molecular complexity index is 496. The molecule has 0 radical (unpaired) electrons. The smallest absolute Gasteiger partial charge is 0.159 e. The van der Waals surface area contributed by atoms with Gasteiger partial charge in [-0.1, -0.05) is 18.2 Å². The zero-order valence-corrected chi connectivity index (χ0v) is 9.76. The Morgan fingerprint density at radius 1 is 1.41 bits per heavy atom. The maximum absolute atomic E-state index is 13.8. The Labute approximate surface area is 98.6 Å². The number of nitrogens with zero attached hydrogens (tertiary/aromatic N) is 4. The van der Waals surface area contributed by atoms with Gasteiger partial charge in [-0.25, -0.2) is 9.07 Å². The van der Waals surface area contributed by atoms with Crippen LogP contribution in [0.15, 0.2) is 24.3 Å².